The van der Waals surface area contributed by atoms with E-state index in [0.29, 0.717) is 16.6 Å². The molecule has 0 saturated heterocycles. The molecule has 0 spiro atoms. The average Bonchev–Trinajstić information content (AvgIpc) is 2.74. The highest BCUT2D eigenvalue weighted by Gasteiger charge is 2.28. The number of carbonyl (C=O) groups is 2. The number of halogens is 2. The van der Waals surface area contributed by atoms with Gasteiger partial charge in [-0.05, 0) is 49.1 Å². The minimum absolute atomic E-state index is 0.114. The molecule has 2 aromatic carbocycles. The van der Waals surface area contributed by atoms with Crippen molar-refractivity contribution < 1.29 is 9.59 Å². The van der Waals surface area contributed by atoms with E-state index in [4.69, 9.17) is 23.2 Å². The largest absolute Gasteiger partial charge is 0.352 e. The number of benzene rings is 2. The van der Waals surface area contributed by atoms with Gasteiger partial charge in [0.2, 0.25) is 11.8 Å². The fourth-order valence-corrected chi connectivity index (χ4v) is 4.31. The summed E-state index contributed by atoms with van der Waals surface area (Å²) in [5.41, 5.74) is 1.63. The standard InChI is InChI=1S/C24H28Cl2N2O2/c1-17(24(30)27-21-11-3-2-4-12-21)28(16-18-8-7-10-20(25)14-18)23(29)15-19-9-5-6-13-22(19)26/h5-10,13-14,17,21H,2-4,11-12,15-16H2,1H3,(H,27,30). The Hall–Kier alpha value is -2.04. The molecule has 0 radical (unpaired) electrons. The lowest BCUT2D eigenvalue weighted by atomic mass is 9.95. The maximum atomic E-state index is 13.2. The quantitative estimate of drug-likeness (QED) is 0.618. The van der Waals surface area contributed by atoms with Gasteiger partial charge in [-0.2, -0.15) is 0 Å². The van der Waals surface area contributed by atoms with Crippen LogP contribution in [0, 0.1) is 0 Å². The molecule has 160 valence electrons. The second kappa shape index (κ2) is 10.8. The number of amides is 2. The van der Waals surface area contributed by atoms with E-state index in [0.717, 1.165) is 36.8 Å². The smallest absolute Gasteiger partial charge is 0.242 e. The summed E-state index contributed by atoms with van der Waals surface area (Å²) in [7, 11) is 0. The molecular formula is C24H28Cl2N2O2. The van der Waals surface area contributed by atoms with Crippen LogP contribution < -0.4 is 5.32 Å². The Bertz CT molecular complexity index is 881. The Morgan fingerprint density at radius 1 is 1.07 bits per heavy atom. The summed E-state index contributed by atoms with van der Waals surface area (Å²) in [6, 6.07) is 14.3. The highest BCUT2D eigenvalue weighted by atomic mass is 35.5. The van der Waals surface area contributed by atoms with Gasteiger partial charge in [0.1, 0.15) is 6.04 Å². The molecule has 1 unspecified atom stereocenters. The van der Waals surface area contributed by atoms with Crippen LogP contribution in [0.15, 0.2) is 48.5 Å². The molecule has 6 heteroatoms. The topological polar surface area (TPSA) is 49.4 Å². The van der Waals surface area contributed by atoms with Crippen molar-refractivity contribution in [3.63, 3.8) is 0 Å². The fraction of sp³-hybridized carbons (Fsp3) is 0.417. The van der Waals surface area contributed by atoms with E-state index in [-0.39, 0.29) is 24.3 Å². The molecule has 3 rings (SSSR count). The van der Waals surface area contributed by atoms with Crippen LogP contribution in [0.3, 0.4) is 0 Å². The first-order valence-electron chi connectivity index (χ1n) is 10.5. The molecular weight excluding hydrogens is 419 g/mol. The first-order chi connectivity index (χ1) is 14.4. The van der Waals surface area contributed by atoms with Gasteiger partial charge in [-0.25, -0.2) is 0 Å². The lowest BCUT2D eigenvalue weighted by Crippen LogP contribution is -2.50. The van der Waals surface area contributed by atoms with Crippen molar-refractivity contribution in [2.45, 2.75) is 64.1 Å². The molecule has 1 atom stereocenters. The summed E-state index contributed by atoms with van der Waals surface area (Å²) >= 11 is 12.4. The van der Waals surface area contributed by atoms with E-state index in [9.17, 15) is 9.59 Å². The van der Waals surface area contributed by atoms with Crippen LogP contribution in [-0.4, -0.2) is 28.8 Å². The van der Waals surface area contributed by atoms with Crippen LogP contribution in [0.5, 0.6) is 0 Å². The lowest BCUT2D eigenvalue weighted by Gasteiger charge is -2.31. The van der Waals surface area contributed by atoms with Crippen molar-refractivity contribution in [2.75, 3.05) is 0 Å². The van der Waals surface area contributed by atoms with Crippen molar-refractivity contribution in [3.05, 3.63) is 69.7 Å². The van der Waals surface area contributed by atoms with Crippen LogP contribution >= 0.6 is 23.2 Å². The molecule has 2 aromatic rings. The van der Waals surface area contributed by atoms with Gasteiger partial charge in [0.05, 0.1) is 6.42 Å². The first-order valence-corrected chi connectivity index (χ1v) is 11.3. The molecule has 1 N–H and O–H groups in total. The molecule has 30 heavy (non-hydrogen) atoms. The predicted octanol–water partition coefficient (Wildman–Crippen LogP) is 5.40. The summed E-state index contributed by atoms with van der Waals surface area (Å²) < 4.78 is 0. The monoisotopic (exact) mass is 446 g/mol. The third kappa shape index (κ3) is 6.23. The van der Waals surface area contributed by atoms with E-state index in [2.05, 4.69) is 5.32 Å². The molecule has 0 bridgehead atoms. The number of nitrogens with zero attached hydrogens (tertiary/aromatic N) is 1. The summed E-state index contributed by atoms with van der Waals surface area (Å²) in [5.74, 6) is -0.259. The maximum Gasteiger partial charge on any atom is 0.242 e. The third-order valence-electron chi connectivity index (χ3n) is 5.66. The van der Waals surface area contributed by atoms with E-state index in [1.54, 1.807) is 24.0 Å². The van der Waals surface area contributed by atoms with Gasteiger partial charge in [0.25, 0.3) is 0 Å². The van der Waals surface area contributed by atoms with Gasteiger partial charge in [-0.3, -0.25) is 9.59 Å². The number of hydrogen-bond donors (Lipinski definition) is 1. The van der Waals surface area contributed by atoms with Crippen LogP contribution in [0.1, 0.15) is 50.2 Å². The maximum absolute atomic E-state index is 13.2. The zero-order valence-corrected chi connectivity index (χ0v) is 18.8. The number of rotatable bonds is 7. The zero-order chi connectivity index (χ0) is 21.5. The van der Waals surface area contributed by atoms with Crippen molar-refractivity contribution in [1.82, 2.24) is 10.2 Å². The van der Waals surface area contributed by atoms with E-state index >= 15 is 0 Å². The molecule has 0 aromatic heterocycles. The summed E-state index contributed by atoms with van der Waals surface area (Å²) in [6.07, 6.45) is 5.63. The van der Waals surface area contributed by atoms with Crippen molar-refractivity contribution in [3.8, 4) is 0 Å². The van der Waals surface area contributed by atoms with Gasteiger partial charge in [0.15, 0.2) is 0 Å². The highest BCUT2D eigenvalue weighted by Crippen LogP contribution is 2.21. The Morgan fingerprint density at radius 3 is 2.50 bits per heavy atom. The Labute approximate surface area is 188 Å². The van der Waals surface area contributed by atoms with Crippen LogP contribution in [-0.2, 0) is 22.6 Å². The van der Waals surface area contributed by atoms with E-state index < -0.39 is 6.04 Å². The predicted molar refractivity (Wildman–Crippen MR) is 122 cm³/mol. The van der Waals surface area contributed by atoms with E-state index in [1.807, 2.05) is 36.4 Å². The van der Waals surface area contributed by atoms with Gasteiger partial charge in [-0.1, -0.05) is 72.8 Å². The normalized spacial score (nSPS) is 15.4. The number of hydrogen-bond acceptors (Lipinski definition) is 2. The van der Waals surface area contributed by atoms with Crippen LogP contribution in [0.4, 0.5) is 0 Å². The van der Waals surface area contributed by atoms with E-state index in [1.165, 1.54) is 6.42 Å². The van der Waals surface area contributed by atoms with Crippen LogP contribution in [0.25, 0.3) is 0 Å². The molecule has 1 saturated carbocycles. The lowest BCUT2D eigenvalue weighted by molar-refractivity contribution is -0.140. The molecule has 2 amide bonds. The van der Waals surface area contributed by atoms with Gasteiger partial charge >= 0.3 is 0 Å². The third-order valence-corrected chi connectivity index (χ3v) is 6.26. The minimum atomic E-state index is -0.596. The number of nitrogens with one attached hydrogen (secondary N) is 1. The van der Waals surface area contributed by atoms with Gasteiger partial charge in [-0.15, -0.1) is 0 Å². The average molecular weight is 447 g/mol. The van der Waals surface area contributed by atoms with Crippen molar-refractivity contribution in [2.24, 2.45) is 0 Å². The van der Waals surface area contributed by atoms with Gasteiger partial charge in [0, 0.05) is 22.6 Å². The Morgan fingerprint density at radius 2 is 1.80 bits per heavy atom. The summed E-state index contributed by atoms with van der Waals surface area (Å²) in [4.78, 5) is 27.8. The van der Waals surface area contributed by atoms with Crippen molar-refractivity contribution in [1.29, 1.82) is 0 Å². The molecule has 4 nitrogen and oxygen atoms in total. The second-order valence-corrected chi connectivity index (χ2v) is 8.78. The van der Waals surface area contributed by atoms with Gasteiger partial charge < -0.3 is 10.2 Å². The molecule has 0 aliphatic heterocycles. The first kappa shape index (κ1) is 22.6. The summed E-state index contributed by atoms with van der Waals surface area (Å²) in [5, 5.41) is 4.29. The SMILES string of the molecule is CC(C(=O)NC1CCCCC1)N(Cc1cccc(Cl)c1)C(=O)Cc1ccccc1Cl. The Balaban J connectivity index is 1.77. The van der Waals surface area contributed by atoms with Crippen LogP contribution in [0.2, 0.25) is 10.0 Å². The Kier molecular flexibility index (Phi) is 8.17. The molecule has 1 fully saturated rings. The fourth-order valence-electron chi connectivity index (χ4n) is 3.89. The van der Waals surface area contributed by atoms with Crippen molar-refractivity contribution >= 4 is 35.0 Å². The number of carbonyl (C=O) groups excluding carboxylic acids is 2. The summed E-state index contributed by atoms with van der Waals surface area (Å²) in [6.45, 7) is 2.09. The highest BCUT2D eigenvalue weighted by molar-refractivity contribution is 6.31. The molecule has 0 heterocycles. The molecule has 1 aliphatic carbocycles. The minimum Gasteiger partial charge on any atom is -0.352 e. The second-order valence-electron chi connectivity index (χ2n) is 7.94. The zero-order valence-electron chi connectivity index (χ0n) is 17.2. The molecule has 1 aliphatic rings.